The van der Waals surface area contributed by atoms with Crippen molar-refractivity contribution < 1.29 is 21.7 Å². The first-order chi connectivity index (χ1) is 9.92. The Morgan fingerprint density at radius 2 is 1.04 bits per heavy atom. The zero-order valence-corrected chi connectivity index (χ0v) is 16.6. The summed E-state index contributed by atoms with van der Waals surface area (Å²) in [5.41, 5.74) is 6.99. The Hall–Kier alpha value is -0.326. The summed E-state index contributed by atoms with van der Waals surface area (Å²) in [5.74, 6) is 1.57. The minimum atomic E-state index is 0. The Kier molecular flexibility index (Phi) is 8.32. The third-order valence-electron chi connectivity index (χ3n) is 5.85. The van der Waals surface area contributed by atoms with Gasteiger partial charge in [0.15, 0.2) is 0 Å². The van der Waals surface area contributed by atoms with Crippen LogP contribution in [0, 0.1) is 26.7 Å². The van der Waals surface area contributed by atoms with E-state index in [4.69, 9.17) is 0 Å². The van der Waals surface area contributed by atoms with Crippen LogP contribution in [-0.4, -0.2) is 0 Å². The van der Waals surface area contributed by atoms with Crippen LogP contribution in [0.2, 0.25) is 0 Å². The molecule has 0 bridgehead atoms. The van der Waals surface area contributed by atoms with Crippen LogP contribution >= 0.6 is 0 Å². The number of hydrogen-bond acceptors (Lipinski definition) is 0. The predicted octanol–water partition coefficient (Wildman–Crippen LogP) is 6.78. The predicted molar refractivity (Wildman–Crippen MR) is 98.3 cm³/mol. The van der Waals surface area contributed by atoms with Gasteiger partial charge >= 0.3 is 21.7 Å². The van der Waals surface area contributed by atoms with E-state index in [1.807, 2.05) is 0 Å². The third kappa shape index (κ3) is 4.20. The molecule has 4 aliphatic carbocycles. The molecule has 0 aromatic rings. The second-order valence-electron chi connectivity index (χ2n) is 7.02. The topological polar surface area (TPSA) is 0 Å². The van der Waals surface area contributed by atoms with Gasteiger partial charge in [0.25, 0.3) is 0 Å². The van der Waals surface area contributed by atoms with Crippen molar-refractivity contribution in [3.05, 3.63) is 61.4 Å². The fraction of sp³-hybridized carbons (Fsp3) is 0.545. The van der Waals surface area contributed by atoms with Gasteiger partial charge in [-0.2, -0.15) is 0 Å². The van der Waals surface area contributed by atoms with Crippen molar-refractivity contribution in [1.29, 1.82) is 0 Å². The molecule has 0 aromatic carbocycles. The Balaban J connectivity index is 0.000000882. The average molecular weight is 344 g/mol. The number of rotatable bonds is 3. The van der Waals surface area contributed by atoms with Gasteiger partial charge in [0.05, 0.1) is 0 Å². The molecular formula is C22H32Ti. The van der Waals surface area contributed by atoms with Gasteiger partial charge < -0.3 is 14.9 Å². The van der Waals surface area contributed by atoms with Gasteiger partial charge in [0, 0.05) is 0 Å². The van der Waals surface area contributed by atoms with Crippen molar-refractivity contribution in [2.75, 3.05) is 0 Å². The van der Waals surface area contributed by atoms with Gasteiger partial charge in [-0.15, -0.1) is 0 Å². The van der Waals surface area contributed by atoms with E-state index in [1.54, 1.807) is 22.3 Å². The monoisotopic (exact) mass is 344 g/mol. The Morgan fingerprint density at radius 3 is 1.48 bits per heavy atom. The van der Waals surface area contributed by atoms with E-state index < -0.39 is 0 Å². The van der Waals surface area contributed by atoms with E-state index in [0.717, 1.165) is 11.8 Å². The van der Waals surface area contributed by atoms with Crippen LogP contribution in [0.3, 0.4) is 0 Å². The van der Waals surface area contributed by atoms with Gasteiger partial charge in [-0.25, -0.2) is 0 Å². The molecule has 0 N–H and O–H groups in total. The third-order valence-corrected chi connectivity index (χ3v) is 5.85. The zero-order chi connectivity index (χ0) is 13.4. The Labute approximate surface area is 159 Å². The summed E-state index contributed by atoms with van der Waals surface area (Å²) in [6, 6.07) is 0. The van der Waals surface area contributed by atoms with Crippen LogP contribution in [0.5, 0.6) is 0 Å². The number of hydrogen-bond donors (Lipinski definition) is 0. The van der Waals surface area contributed by atoms with E-state index in [9.17, 15) is 0 Å². The average Bonchev–Trinajstić information content (AvgIpc) is 3.09. The first kappa shape index (κ1) is 20.7. The Bertz CT molecular complexity index is 470. The summed E-state index contributed by atoms with van der Waals surface area (Å²) in [6.45, 7) is 0. The van der Waals surface area contributed by atoms with Crippen LogP contribution in [-0.2, 0) is 21.7 Å². The molecule has 2 atom stereocenters. The van der Waals surface area contributed by atoms with Crippen molar-refractivity contribution in [1.82, 2.24) is 0 Å². The molecule has 23 heavy (non-hydrogen) atoms. The molecule has 0 aromatic heterocycles. The van der Waals surface area contributed by atoms with Crippen molar-refractivity contribution >= 4 is 0 Å². The molecule has 0 heterocycles. The van der Waals surface area contributed by atoms with E-state index in [1.165, 1.54) is 64.2 Å². The SMILES string of the molecule is C1=CC(CC[C@H]2C=CC3=C2CCCC3)C2=C1CCCC2.[CH3-].[CH3-].[Ti+2]. The molecule has 4 rings (SSSR count). The molecule has 124 valence electrons. The van der Waals surface area contributed by atoms with Gasteiger partial charge in [-0.1, -0.05) is 35.5 Å². The Morgan fingerprint density at radius 1 is 0.652 bits per heavy atom. The molecule has 1 heteroatoms. The van der Waals surface area contributed by atoms with Gasteiger partial charge in [0.2, 0.25) is 0 Å². The van der Waals surface area contributed by atoms with Crippen molar-refractivity contribution in [2.45, 2.75) is 64.2 Å². The first-order valence-corrected chi connectivity index (χ1v) is 8.72. The standard InChI is InChI=1S/C20H26.2CH3.Ti/c1-3-7-19-15(5-1)9-11-17(19)13-14-18-12-10-16-6-2-4-8-20(16)18;;;/h9-12,17-18H,1-8,13-14H2;2*1H3;/q;2*-1;+2/t17-,18?;;;/m1.../s1. The summed E-state index contributed by atoms with van der Waals surface area (Å²) < 4.78 is 0. The molecule has 0 aliphatic heterocycles. The minimum Gasteiger partial charge on any atom is -0.358 e. The fourth-order valence-electron chi connectivity index (χ4n) is 4.73. The molecule has 0 nitrogen and oxygen atoms in total. The molecule has 4 aliphatic rings. The van der Waals surface area contributed by atoms with E-state index in [2.05, 4.69) is 24.3 Å². The first-order valence-electron chi connectivity index (χ1n) is 8.72. The zero-order valence-electron chi connectivity index (χ0n) is 15.0. The van der Waals surface area contributed by atoms with E-state index >= 15 is 0 Å². The minimum absolute atomic E-state index is 0. The maximum Gasteiger partial charge on any atom is 2.00 e. The maximum atomic E-state index is 2.50. The van der Waals surface area contributed by atoms with E-state index in [-0.39, 0.29) is 36.6 Å². The van der Waals surface area contributed by atoms with Crippen molar-refractivity contribution in [3.8, 4) is 0 Å². The fourth-order valence-corrected chi connectivity index (χ4v) is 4.73. The van der Waals surface area contributed by atoms with E-state index in [0.29, 0.717) is 0 Å². The summed E-state index contributed by atoms with van der Waals surface area (Å²) in [5, 5.41) is 0. The smallest absolute Gasteiger partial charge is 0.358 e. The molecule has 0 saturated carbocycles. The number of allylic oxidation sites excluding steroid dienone is 8. The molecule has 0 amide bonds. The van der Waals surface area contributed by atoms with Crippen LogP contribution in [0.4, 0.5) is 0 Å². The van der Waals surface area contributed by atoms with Crippen molar-refractivity contribution in [2.24, 2.45) is 11.8 Å². The van der Waals surface area contributed by atoms with Crippen LogP contribution < -0.4 is 0 Å². The normalized spacial score (nSPS) is 27.8. The molecular weight excluding hydrogens is 312 g/mol. The van der Waals surface area contributed by atoms with Crippen LogP contribution in [0.1, 0.15) is 64.2 Å². The van der Waals surface area contributed by atoms with Crippen LogP contribution in [0.25, 0.3) is 0 Å². The summed E-state index contributed by atoms with van der Waals surface area (Å²) in [4.78, 5) is 0. The van der Waals surface area contributed by atoms with Crippen LogP contribution in [0.15, 0.2) is 46.6 Å². The molecule has 0 fully saturated rings. The maximum absolute atomic E-state index is 2.50. The second kappa shape index (κ2) is 9.23. The quantitative estimate of drug-likeness (QED) is 0.391. The molecule has 0 radical (unpaired) electrons. The largest absolute Gasteiger partial charge is 2.00 e. The van der Waals surface area contributed by atoms with Gasteiger partial charge in [-0.3, -0.25) is 0 Å². The molecule has 1 unspecified atom stereocenters. The second-order valence-corrected chi connectivity index (χ2v) is 7.02. The summed E-state index contributed by atoms with van der Waals surface area (Å²) in [7, 11) is 0. The summed E-state index contributed by atoms with van der Waals surface area (Å²) >= 11 is 0. The van der Waals surface area contributed by atoms with Gasteiger partial charge in [-0.05, 0) is 87.2 Å². The van der Waals surface area contributed by atoms with Crippen molar-refractivity contribution in [3.63, 3.8) is 0 Å². The molecule has 0 saturated heterocycles. The van der Waals surface area contributed by atoms with Gasteiger partial charge in [0.1, 0.15) is 0 Å². The molecule has 0 spiro atoms. The summed E-state index contributed by atoms with van der Waals surface area (Å²) in [6.07, 6.45) is 23.8.